The Morgan fingerprint density at radius 3 is 2.56 bits per heavy atom. The summed E-state index contributed by atoms with van der Waals surface area (Å²) in [6.45, 7) is 2.78. The third-order valence-corrected chi connectivity index (χ3v) is 7.46. The zero-order valence-corrected chi connectivity index (χ0v) is 19.8. The summed E-state index contributed by atoms with van der Waals surface area (Å²) in [5, 5.41) is 0.298. The lowest BCUT2D eigenvalue weighted by Crippen LogP contribution is -2.14. The van der Waals surface area contributed by atoms with Crippen LogP contribution in [0.4, 0.5) is 8.78 Å². The second-order valence-electron chi connectivity index (χ2n) is 7.21. The van der Waals surface area contributed by atoms with Crippen LogP contribution in [0.2, 0.25) is 5.02 Å². The van der Waals surface area contributed by atoms with Crippen molar-refractivity contribution in [1.29, 1.82) is 0 Å². The Balaban J connectivity index is 1.56. The molecule has 4 rings (SSSR count). The van der Waals surface area contributed by atoms with Gasteiger partial charge in [-0.15, -0.1) is 11.3 Å². The Hall–Kier alpha value is -2.42. The first-order valence-corrected chi connectivity index (χ1v) is 11.8. The van der Waals surface area contributed by atoms with Crippen molar-refractivity contribution in [1.82, 2.24) is 9.55 Å². The van der Waals surface area contributed by atoms with Gasteiger partial charge in [0.05, 0.1) is 15.5 Å². The number of aromatic nitrogens is 2. The molecule has 0 aliphatic rings. The van der Waals surface area contributed by atoms with Gasteiger partial charge in [0.1, 0.15) is 5.75 Å². The maximum Gasteiger partial charge on any atom is 0.387 e. The Bertz CT molecular complexity index is 1290. The van der Waals surface area contributed by atoms with Crippen molar-refractivity contribution >= 4 is 50.7 Å². The summed E-state index contributed by atoms with van der Waals surface area (Å²) >= 11 is 9.00. The first-order chi connectivity index (χ1) is 15.2. The number of alkyl halides is 2. The minimum atomic E-state index is -2.87. The van der Waals surface area contributed by atoms with E-state index in [-0.39, 0.29) is 16.8 Å². The molecule has 0 aliphatic heterocycles. The van der Waals surface area contributed by atoms with Crippen LogP contribution in [-0.4, -0.2) is 27.2 Å². The lowest BCUT2D eigenvalue weighted by molar-refractivity contribution is -0.0498. The van der Waals surface area contributed by atoms with Crippen molar-refractivity contribution in [2.75, 3.05) is 0 Å². The fourth-order valence-electron chi connectivity index (χ4n) is 3.54. The third kappa shape index (κ3) is 4.67. The van der Waals surface area contributed by atoms with Gasteiger partial charge in [-0.05, 0) is 69.3 Å². The van der Waals surface area contributed by atoms with E-state index >= 15 is 0 Å². The van der Waals surface area contributed by atoms with Gasteiger partial charge in [0.25, 0.3) is 0 Å². The van der Waals surface area contributed by atoms with Gasteiger partial charge in [0.2, 0.25) is 0 Å². The van der Waals surface area contributed by atoms with E-state index in [0.717, 1.165) is 31.6 Å². The van der Waals surface area contributed by atoms with Gasteiger partial charge < -0.3 is 9.30 Å². The van der Waals surface area contributed by atoms with E-state index in [2.05, 4.69) is 9.72 Å². The highest BCUT2D eigenvalue weighted by Crippen LogP contribution is 2.35. The number of rotatable bonds is 7. The average molecular weight is 493 g/mol. The Labute approximate surface area is 197 Å². The number of benzene rings is 2. The van der Waals surface area contributed by atoms with Gasteiger partial charge in [-0.25, -0.2) is 4.98 Å². The molecule has 0 saturated heterocycles. The number of hydrogen-bond acceptors (Lipinski definition) is 5. The van der Waals surface area contributed by atoms with Crippen molar-refractivity contribution in [3.8, 4) is 11.4 Å². The smallest absolute Gasteiger partial charge is 0.387 e. The van der Waals surface area contributed by atoms with E-state index in [0.29, 0.717) is 10.6 Å². The fourth-order valence-corrected chi connectivity index (χ4v) is 5.97. The number of Topliss-reactive ketones (excluding diaryl/α,β-unsaturated/α-hetero) is 1. The number of thioether (sulfide) groups is 1. The van der Waals surface area contributed by atoms with Crippen LogP contribution in [-0.2, 0) is 0 Å². The van der Waals surface area contributed by atoms with Crippen LogP contribution in [0.15, 0.2) is 52.9 Å². The first kappa shape index (κ1) is 22.8. The Morgan fingerprint density at radius 1 is 1.16 bits per heavy atom. The molecule has 0 radical (unpaired) electrons. The summed E-state index contributed by atoms with van der Waals surface area (Å²) in [4.78, 5) is 17.8. The van der Waals surface area contributed by atoms with E-state index in [1.165, 1.54) is 35.2 Å². The maximum absolute atomic E-state index is 13.2. The molecule has 4 nitrogen and oxygen atoms in total. The highest BCUT2D eigenvalue weighted by Gasteiger charge is 2.23. The van der Waals surface area contributed by atoms with E-state index in [9.17, 15) is 13.6 Å². The van der Waals surface area contributed by atoms with Crippen LogP contribution in [0, 0.1) is 13.8 Å². The topological polar surface area (TPSA) is 44.1 Å². The second kappa shape index (κ2) is 9.21. The second-order valence-corrected chi connectivity index (χ2v) is 10.3. The van der Waals surface area contributed by atoms with Crippen molar-refractivity contribution < 1.29 is 18.3 Å². The molecule has 4 aromatic rings. The van der Waals surface area contributed by atoms with Gasteiger partial charge >= 0.3 is 6.61 Å². The first-order valence-electron chi connectivity index (χ1n) is 9.74. The fraction of sp³-hybridized carbons (Fsp3) is 0.217. The molecular weight excluding hydrogens is 474 g/mol. The predicted molar refractivity (Wildman–Crippen MR) is 126 cm³/mol. The predicted octanol–water partition coefficient (Wildman–Crippen LogP) is 7.32. The highest BCUT2D eigenvalue weighted by molar-refractivity contribution is 8.02. The van der Waals surface area contributed by atoms with Crippen LogP contribution in [0.25, 0.3) is 15.9 Å². The van der Waals surface area contributed by atoms with Crippen molar-refractivity contribution in [3.63, 3.8) is 0 Å². The van der Waals surface area contributed by atoms with E-state index in [4.69, 9.17) is 11.6 Å². The number of halogens is 3. The summed E-state index contributed by atoms with van der Waals surface area (Å²) in [6, 6.07) is 13.8. The van der Waals surface area contributed by atoms with Gasteiger partial charge in [-0.2, -0.15) is 8.78 Å². The van der Waals surface area contributed by atoms with E-state index < -0.39 is 6.61 Å². The number of nitrogens with zero attached hydrogens (tertiary/aromatic N) is 2. The molecule has 0 spiro atoms. The zero-order valence-electron chi connectivity index (χ0n) is 17.4. The molecule has 0 fully saturated rings. The molecule has 0 N–H and O–H groups in total. The van der Waals surface area contributed by atoms with Crippen molar-refractivity contribution in [2.45, 2.75) is 37.0 Å². The number of carbonyl (C=O) groups is 1. The van der Waals surface area contributed by atoms with Crippen LogP contribution in [0.5, 0.6) is 5.75 Å². The normalized spacial score (nSPS) is 12.5. The lowest BCUT2D eigenvalue weighted by atomic mass is 10.1. The van der Waals surface area contributed by atoms with E-state index in [1.807, 2.05) is 49.6 Å². The largest absolute Gasteiger partial charge is 0.435 e. The third-order valence-electron chi connectivity index (χ3n) is 4.99. The summed E-state index contributed by atoms with van der Waals surface area (Å²) in [5.41, 5.74) is 3.88. The average Bonchev–Trinajstić information content (AvgIpc) is 3.26. The number of aryl methyl sites for hydroxylation is 1. The Morgan fingerprint density at radius 2 is 1.88 bits per heavy atom. The molecule has 2 aromatic carbocycles. The summed E-state index contributed by atoms with van der Waals surface area (Å²) in [6.07, 6.45) is 0. The molecule has 1 atom stereocenters. The molecule has 2 aromatic heterocycles. The summed E-state index contributed by atoms with van der Waals surface area (Å²) in [7, 11) is 0. The highest BCUT2D eigenvalue weighted by atomic mass is 35.5. The summed E-state index contributed by atoms with van der Waals surface area (Å²) < 4.78 is 33.0. The quantitative estimate of drug-likeness (QED) is 0.200. The molecular formula is C23H19ClF2N2O2S2. The standard InChI is InChI=1S/C23H19ClF2N2O2S2/c1-12-10-18(13(2)28(12)16-5-7-17(8-6-16)30-22(25)26)21(29)14(3)31-23-27-19-11-15(24)4-9-20(19)32-23/h4-11,14,22H,1-3H3. The number of thiazole rings is 1. The minimum Gasteiger partial charge on any atom is -0.435 e. The van der Waals surface area contributed by atoms with Crippen LogP contribution in [0.1, 0.15) is 28.7 Å². The monoisotopic (exact) mass is 492 g/mol. The maximum atomic E-state index is 13.2. The number of fused-ring (bicyclic) bond motifs is 1. The van der Waals surface area contributed by atoms with Gasteiger partial charge in [-0.3, -0.25) is 4.79 Å². The number of hydrogen-bond donors (Lipinski definition) is 0. The molecule has 32 heavy (non-hydrogen) atoms. The molecule has 1 unspecified atom stereocenters. The van der Waals surface area contributed by atoms with Gasteiger partial charge in [0.15, 0.2) is 10.1 Å². The minimum absolute atomic E-state index is 0.00397. The SMILES string of the molecule is Cc1cc(C(=O)C(C)Sc2nc3cc(Cl)ccc3s2)c(C)n1-c1ccc(OC(F)F)cc1. The molecule has 0 aliphatic carbocycles. The van der Waals surface area contributed by atoms with Gasteiger partial charge in [0, 0.05) is 27.7 Å². The molecule has 0 bridgehead atoms. The van der Waals surface area contributed by atoms with E-state index in [1.54, 1.807) is 12.1 Å². The van der Waals surface area contributed by atoms with Crippen LogP contribution >= 0.6 is 34.7 Å². The molecule has 166 valence electrons. The summed E-state index contributed by atoms with van der Waals surface area (Å²) in [5.74, 6) is 0.0916. The van der Waals surface area contributed by atoms with Crippen LogP contribution in [0.3, 0.4) is 0 Å². The lowest BCUT2D eigenvalue weighted by Gasteiger charge is -2.12. The van der Waals surface area contributed by atoms with Gasteiger partial charge in [-0.1, -0.05) is 23.4 Å². The number of carbonyl (C=O) groups excluding carboxylic acids is 1. The molecule has 2 heterocycles. The number of ketones is 1. The van der Waals surface area contributed by atoms with Crippen LogP contribution < -0.4 is 4.74 Å². The Kier molecular flexibility index (Phi) is 6.55. The molecule has 9 heteroatoms. The molecule has 0 amide bonds. The zero-order chi connectivity index (χ0) is 23.0. The van der Waals surface area contributed by atoms with Crippen molar-refractivity contribution in [3.05, 3.63) is 70.5 Å². The molecule has 0 saturated carbocycles. The number of ether oxygens (including phenoxy) is 1. The van der Waals surface area contributed by atoms with Crippen molar-refractivity contribution in [2.24, 2.45) is 0 Å².